The van der Waals surface area contributed by atoms with Crippen LogP contribution in [0.3, 0.4) is 0 Å². The average molecular weight is 187 g/mol. The summed E-state index contributed by atoms with van der Waals surface area (Å²) in [4.78, 5) is 0. The highest BCUT2D eigenvalue weighted by molar-refractivity contribution is 9.12. The van der Waals surface area contributed by atoms with Crippen molar-refractivity contribution in [3.8, 4) is 0 Å². The monoisotopic (exact) mass is 186 g/mol. The Morgan fingerprint density at radius 1 is 1.44 bits per heavy atom. The molecule has 0 saturated heterocycles. The average Bonchev–Trinajstić information content (AvgIpc) is 1.84. The van der Waals surface area contributed by atoms with Gasteiger partial charge in [0.2, 0.25) is 0 Å². The molecule has 0 saturated carbocycles. The molecule has 9 heavy (non-hydrogen) atoms. The molecule has 0 atom stereocenters. The van der Waals surface area contributed by atoms with Crippen molar-refractivity contribution >= 4 is 27.4 Å². The van der Waals surface area contributed by atoms with E-state index in [1.165, 1.54) is 6.08 Å². The maximum Gasteiger partial charge on any atom is 0.0924 e. The first-order chi connectivity index (χ1) is 4.09. The smallest absolute Gasteiger partial charge is 0.0924 e. The van der Waals surface area contributed by atoms with E-state index in [1.807, 2.05) is 0 Å². The summed E-state index contributed by atoms with van der Waals surface area (Å²) in [5.41, 5.74) is 0.155. The number of halogens is 1. The first kappa shape index (κ1) is 8.30. The van der Waals surface area contributed by atoms with Gasteiger partial charge in [0.05, 0.1) is 11.4 Å². The molecule has 0 amide bonds. The zero-order chi connectivity index (χ0) is 7.44. The van der Waals surface area contributed by atoms with Gasteiger partial charge in [0, 0.05) is 4.48 Å². The molecule has 0 aromatic carbocycles. The highest BCUT2D eigenvalue weighted by Gasteiger charge is 2.00. The highest BCUT2D eigenvalue weighted by Crippen LogP contribution is 2.03. The lowest BCUT2D eigenvalue weighted by atomic mass is 10.2. The van der Waals surface area contributed by atoms with Crippen LogP contribution in [0.4, 0.5) is 0 Å². The SMILES string of the molecule is C=CC(=N)C(=N)C(=C)Br. The van der Waals surface area contributed by atoms with E-state index < -0.39 is 0 Å². The molecule has 0 aliphatic rings. The van der Waals surface area contributed by atoms with Gasteiger partial charge in [0.15, 0.2) is 0 Å². The molecule has 0 aromatic heterocycles. The van der Waals surface area contributed by atoms with Crippen LogP contribution in [0.2, 0.25) is 0 Å². The summed E-state index contributed by atoms with van der Waals surface area (Å²) in [5.74, 6) is 0. The lowest BCUT2D eigenvalue weighted by molar-refractivity contribution is 1.50. The fourth-order valence-corrected chi connectivity index (χ4v) is 0.462. The maximum absolute atomic E-state index is 7.11. The van der Waals surface area contributed by atoms with E-state index in [9.17, 15) is 0 Å². The zero-order valence-electron chi connectivity index (χ0n) is 4.87. The Hall–Kier alpha value is -0.700. The summed E-state index contributed by atoms with van der Waals surface area (Å²) in [5, 5.41) is 14.1. The van der Waals surface area contributed by atoms with Crippen molar-refractivity contribution in [3.63, 3.8) is 0 Å². The van der Waals surface area contributed by atoms with E-state index in [0.29, 0.717) is 4.48 Å². The molecular formula is C6H7BrN2. The Bertz CT molecular complexity index is 181. The van der Waals surface area contributed by atoms with Gasteiger partial charge in [-0.05, 0) is 22.0 Å². The van der Waals surface area contributed by atoms with Crippen molar-refractivity contribution in [2.45, 2.75) is 0 Å². The summed E-state index contributed by atoms with van der Waals surface area (Å²) in [6.07, 6.45) is 1.30. The Kier molecular flexibility index (Phi) is 3.09. The number of allylic oxidation sites excluding steroid dienone is 2. The van der Waals surface area contributed by atoms with Crippen LogP contribution in [0.5, 0.6) is 0 Å². The van der Waals surface area contributed by atoms with Gasteiger partial charge in [0.25, 0.3) is 0 Å². The summed E-state index contributed by atoms with van der Waals surface area (Å²) in [7, 11) is 0. The van der Waals surface area contributed by atoms with Crippen LogP contribution in [0.15, 0.2) is 23.7 Å². The molecule has 2 nitrogen and oxygen atoms in total. The van der Waals surface area contributed by atoms with Crippen molar-refractivity contribution in [2.75, 3.05) is 0 Å². The summed E-state index contributed by atoms with van der Waals surface area (Å²) >= 11 is 2.97. The predicted octanol–water partition coefficient (Wildman–Crippen LogP) is 2.12. The second-order valence-corrected chi connectivity index (χ2v) is 2.35. The van der Waals surface area contributed by atoms with Crippen LogP contribution >= 0.6 is 15.9 Å². The molecular weight excluding hydrogens is 180 g/mol. The van der Waals surface area contributed by atoms with Crippen LogP contribution in [-0.4, -0.2) is 11.4 Å². The largest absolute Gasteiger partial charge is 0.299 e. The third-order valence-electron chi connectivity index (χ3n) is 0.745. The molecule has 0 aromatic rings. The predicted molar refractivity (Wildman–Crippen MR) is 43.7 cm³/mol. The first-order valence-corrected chi connectivity index (χ1v) is 3.03. The number of hydrogen-bond donors (Lipinski definition) is 2. The Morgan fingerprint density at radius 2 is 1.89 bits per heavy atom. The van der Waals surface area contributed by atoms with E-state index in [2.05, 4.69) is 29.1 Å². The minimum Gasteiger partial charge on any atom is -0.299 e. The van der Waals surface area contributed by atoms with Crippen molar-refractivity contribution in [1.82, 2.24) is 0 Å². The summed E-state index contributed by atoms with van der Waals surface area (Å²) in [6.45, 7) is 6.76. The van der Waals surface area contributed by atoms with Gasteiger partial charge in [-0.3, -0.25) is 10.8 Å². The van der Waals surface area contributed by atoms with Gasteiger partial charge >= 0.3 is 0 Å². The lowest BCUT2D eigenvalue weighted by Gasteiger charge is -1.95. The molecule has 0 rings (SSSR count). The van der Waals surface area contributed by atoms with Gasteiger partial charge in [-0.15, -0.1) is 0 Å². The standard InChI is InChI=1S/C6H7BrN2/c1-3-5(8)6(9)4(2)7/h3,8-9H,1-2H2. The number of nitrogens with one attached hydrogen (secondary N) is 2. The lowest BCUT2D eigenvalue weighted by Crippen LogP contribution is -2.06. The fourth-order valence-electron chi connectivity index (χ4n) is 0.248. The maximum atomic E-state index is 7.11. The van der Waals surface area contributed by atoms with Gasteiger partial charge < -0.3 is 0 Å². The molecule has 0 fully saturated rings. The molecule has 0 aliphatic carbocycles. The number of hydrogen-bond acceptors (Lipinski definition) is 2. The van der Waals surface area contributed by atoms with E-state index in [-0.39, 0.29) is 11.4 Å². The molecule has 48 valence electrons. The van der Waals surface area contributed by atoms with E-state index in [0.717, 1.165) is 0 Å². The fraction of sp³-hybridized carbons (Fsp3) is 0. The second-order valence-electron chi connectivity index (χ2n) is 1.40. The third-order valence-corrected chi connectivity index (χ3v) is 1.14. The normalized spacial score (nSPS) is 8.11. The molecule has 3 heteroatoms. The van der Waals surface area contributed by atoms with Crippen molar-refractivity contribution in [2.24, 2.45) is 0 Å². The van der Waals surface area contributed by atoms with Crippen molar-refractivity contribution < 1.29 is 0 Å². The Labute approximate surface area is 62.4 Å². The topological polar surface area (TPSA) is 47.7 Å². The molecule has 0 bridgehead atoms. The van der Waals surface area contributed by atoms with E-state index >= 15 is 0 Å². The Morgan fingerprint density at radius 3 is 2.00 bits per heavy atom. The van der Waals surface area contributed by atoms with Gasteiger partial charge in [-0.25, -0.2) is 0 Å². The zero-order valence-corrected chi connectivity index (χ0v) is 6.46. The van der Waals surface area contributed by atoms with E-state index in [1.54, 1.807) is 0 Å². The van der Waals surface area contributed by atoms with Gasteiger partial charge in [-0.1, -0.05) is 13.2 Å². The van der Waals surface area contributed by atoms with Crippen molar-refractivity contribution in [1.29, 1.82) is 10.8 Å². The molecule has 0 unspecified atom stereocenters. The van der Waals surface area contributed by atoms with Crippen LogP contribution in [0.1, 0.15) is 0 Å². The Balaban J connectivity index is 4.22. The van der Waals surface area contributed by atoms with Crippen molar-refractivity contribution in [3.05, 3.63) is 23.7 Å². The molecule has 0 radical (unpaired) electrons. The first-order valence-electron chi connectivity index (χ1n) is 2.24. The van der Waals surface area contributed by atoms with E-state index in [4.69, 9.17) is 10.8 Å². The number of rotatable bonds is 3. The summed E-state index contributed by atoms with van der Waals surface area (Å²) in [6, 6.07) is 0. The minimum absolute atomic E-state index is 0.0741. The van der Waals surface area contributed by atoms with Gasteiger partial charge in [0.1, 0.15) is 0 Å². The minimum atomic E-state index is 0.0741. The second kappa shape index (κ2) is 3.35. The van der Waals surface area contributed by atoms with Crippen LogP contribution in [0.25, 0.3) is 0 Å². The third kappa shape index (κ3) is 2.37. The molecule has 2 N–H and O–H groups in total. The van der Waals surface area contributed by atoms with Crippen LogP contribution in [-0.2, 0) is 0 Å². The van der Waals surface area contributed by atoms with Crippen LogP contribution in [0, 0.1) is 10.8 Å². The molecule has 0 heterocycles. The highest BCUT2D eigenvalue weighted by atomic mass is 79.9. The van der Waals surface area contributed by atoms with Crippen LogP contribution < -0.4 is 0 Å². The molecule has 0 aliphatic heterocycles. The summed E-state index contributed by atoms with van der Waals surface area (Å²) < 4.78 is 0.410. The quantitative estimate of drug-likeness (QED) is 0.635. The van der Waals surface area contributed by atoms with Gasteiger partial charge in [-0.2, -0.15) is 0 Å². The molecule has 0 spiro atoms.